The van der Waals surface area contributed by atoms with Gasteiger partial charge in [-0.2, -0.15) is 5.10 Å². The standard InChI is InChI=1S/C13H21N3O/c1-10-3-2-6-16-13(10)14-12(15-16)9-11-4-7-17-8-5-11/h10-11H,2-9H2,1H3. The first-order valence-corrected chi connectivity index (χ1v) is 6.84. The lowest BCUT2D eigenvalue weighted by molar-refractivity contribution is 0.0659. The Balaban J connectivity index is 1.71. The van der Waals surface area contributed by atoms with Crippen LogP contribution < -0.4 is 0 Å². The molecule has 1 unspecified atom stereocenters. The SMILES string of the molecule is CC1CCCn2nc(CC3CCOCC3)nc21. The molecule has 2 aliphatic rings. The summed E-state index contributed by atoms with van der Waals surface area (Å²) < 4.78 is 7.52. The van der Waals surface area contributed by atoms with Crippen molar-refractivity contribution in [2.75, 3.05) is 13.2 Å². The summed E-state index contributed by atoms with van der Waals surface area (Å²) in [6, 6.07) is 0. The minimum absolute atomic E-state index is 0.583. The molecular formula is C13H21N3O. The number of ether oxygens (including phenoxy) is 1. The summed E-state index contributed by atoms with van der Waals surface area (Å²) in [5.41, 5.74) is 0. The van der Waals surface area contributed by atoms with Gasteiger partial charge >= 0.3 is 0 Å². The van der Waals surface area contributed by atoms with E-state index in [1.807, 2.05) is 0 Å². The van der Waals surface area contributed by atoms with Gasteiger partial charge in [-0.1, -0.05) is 6.92 Å². The maximum absolute atomic E-state index is 5.39. The molecule has 0 amide bonds. The Hall–Kier alpha value is -0.900. The number of fused-ring (bicyclic) bond motifs is 1. The number of aromatic nitrogens is 3. The highest BCUT2D eigenvalue weighted by Gasteiger charge is 2.22. The first-order valence-electron chi connectivity index (χ1n) is 6.84. The van der Waals surface area contributed by atoms with Crippen LogP contribution in [-0.2, 0) is 17.7 Å². The Morgan fingerprint density at radius 2 is 2.12 bits per heavy atom. The van der Waals surface area contributed by atoms with Gasteiger partial charge < -0.3 is 4.74 Å². The van der Waals surface area contributed by atoms with E-state index in [4.69, 9.17) is 9.72 Å². The van der Waals surface area contributed by atoms with Crippen molar-refractivity contribution in [2.45, 2.75) is 51.5 Å². The molecule has 0 saturated carbocycles. The summed E-state index contributed by atoms with van der Waals surface area (Å²) in [4.78, 5) is 4.74. The van der Waals surface area contributed by atoms with Crippen LogP contribution in [0.15, 0.2) is 0 Å². The van der Waals surface area contributed by atoms with E-state index >= 15 is 0 Å². The third kappa shape index (κ3) is 2.37. The van der Waals surface area contributed by atoms with Gasteiger partial charge in [0.15, 0.2) is 5.82 Å². The second-order valence-corrected chi connectivity index (χ2v) is 5.41. The zero-order chi connectivity index (χ0) is 11.7. The molecule has 0 spiro atoms. The first-order chi connectivity index (χ1) is 8.33. The zero-order valence-corrected chi connectivity index (χ0v) is 10.6. The smallest absolute Gasteiger partial charge is 0.151 e. The van der Waals surface area contributed by atoms with Crippen LogP contribution in [0.1, 0.15) is 50.2 Å². The van der Waals surface area contributed by atoms with E-state index in [9.17, 15) is 0 Å². The van der Waals surface area contributed by atoms with E-state index in [1.54, 1.807) is 0 Å². The molecule has 0 bridgehead atoms. The van der Waals surface area contributed by atoms with Crippen LogP contribution in [-0.4, -0.2) is 28.0 Å². The average molecular weight is 235 g/mol. The van der Waals surface area contributed by atoms with Gasteiger partial charge in [0, 0.05) is 32.1 Å². The minimum atomic E-state index is 0.583. The van der Waals surface area contributed by atoms with Gasteiger partial charge in [-0.3, -0.25) is 0 Å². The Morgan fingerprint density at radius 3 is 2.88 bits per heavy atom. The summed E-state index contributed by atoms with van der Waals surface area (Å²) in [7, 11) is 0. The van der Waals surface area contributed by atoms with Crippen molar-refractivity contribution in [1.82, 2.24) is 14.8 Å². The van der Waals surface area contributed by atoms with E-state index in [2.05, 4.69) is 16.7 Å². The molecule has 0 aromatic carbocycles. The van der Waals surface area contributed by atoms with Crippen molar-refractivity contribution in [3.05, 3.63) is 11.6 Å². The zero-order valence-electron chi connectivity index (χ0n) is 10.6. The molecule has 1 fully saturated rings. The van der Waals surface area contributed by atoms with Gasteiger partial charge in [0.2, 0.25) is 0 Å². The third-order valence-corrected chi connectivity index (χ3v) is 4.00. The Bertz CT molecular complexity index is 382. The lowest BCUT2D eigenvalue weighted by Gasteiger charge is -2.20. The van der Waals surface area contributed by atoms with Crippen LogP contribution in [0.2, 0.25) is 0 Å². The summed E-state index contributed by atoms with van der Waals surface area (Å²) in [6.45, 7) is 5.14. The Kier molecular flexibility index (Phi) is 3.14. The largest absolute Gasteiger partial charge is 0.381 e. The summed E-state index contributed by atoms with van der Waals surface area (Å²) >= 11 is 0. The molecule has 4 heteroatoms. The van der Waals surface area contributed by atoms with Gasteiger partial charge in [0.05, 0.1) is 0 Å². The van der Waals surface area contributed by atoms with Crippen molar-refractivity contribution in [1.29, 1.82) is 0 Å². The van der Waals surface area contributed by atoms with Gasteiger partial charge in [0.1, 0.15) is 5.82 Å². The minimum Gasteiger partial charge on any atom is -0.381 e. The summed E-state index contributed by atoms with van der Waals surface area (Å²) in [6.07, 6.45) is 5.87. The Morgan fingerprint density at radius 1 is 1.29 bits per heavy atom. The highest BCUT2D eigenvalue weighted by atomic mass is 16.5. The van der Waals surface area contributed by atoms with Gasteiger partial charge in [-0.15, -0.1) is 0 Å². The molecule has 94 valence electrons. The van der Waals surface area contributed by atoms with Crippen LogP contribution in [0.3, 0.4) is 0 Å². The molecule has 17 heavy (non-hydrogen) atoms. The van der Waals surface area contributed by atoms with Crippen LogP contribution in [0.5, 0.6) is 0 Å². The number of rotatable bonds is 2. The molecule has 1 saturated heterocycles. The van der Waals surface area contributed by atoms with E-state index in [-0.39, 0.29) is 0 Å². The monoisotopic (exact) mass is 235 g/mol. The number of aryl methyl sites for hydroxylation is 1. The number of hydrogen-bond acceptors (Lipinski definition) is 3. The highest BCUT2D eigenvalue weighted by Crippen LogP contribution is 2.26. The lowest BCUT2D eigenvalue weighted by atomic mass is 9.96. The van der Waals surface area contributed by atoms with Crippen molar-refractivity contribution in [2.24, 2.45) is 5.92 Å². The van der Waals surface area contributed by atoms with E-state index < -0.39 is 0 Å². The van der Waals surface area contributed by atoms with E-state index in [1.165, 1.54) is 31.5 Å². The van der Waals surface area contributed by atoms with Crippen molar-refractivity contribution in [3.8, 4) is 0 Å². The molecule has 3 rings (SSSR count). The average Bonchev–Trinajstić information content (AvgIpc) is 2.74. The normalized spacial score (nSPS) is 25.8. The Labute approximate surface area is 102 Å². The second kappa shape index (κ2) is 4.77. The van der Waals surface area contributed by atoms with E-state index in [0.29, 0.717) is 5.92 Å². The maximum atomic E-state index is 5.39. The molecular weight excluding hydrogens is 214 g/mol. The highest BCUT2D eigenvalue weighted by molar-refractivity contribution is 5.02. The van der Waals surface area contributed by atoms with Crippen LogP contribution in [0.25, 0.3) is 0 Å². The fraction of sp³-hybridized carbons (Fsp3) is 0.846. The van der Waals surface area contributed by atoms with Crippen molar-refractivity contribution in [3.63, 3.8) is 0 Å². The second-order valence-electron chi connectivity index (χ2n) is 5.41. The molecule has 3 heterocycles. The quantitative estimate of drug-likeness (QED) is 0.788. The van der Waals surface area contributed by atoms with Crippen LogP contribution in [0, 0.1) is 5.92 Å². The van der Waals surface area contributed by atoms with Crippen LogP contribution >= 0.6 is 0 Å². The van der Waals surface area contributed by atoms with Crippen molar-refractivity contribution >= 4 is 0 Å². The molecule has 0 N–H and O–H groups in total. The fourth-order valence-electron chi connectivity index (χ4n) is 2.90. The molecule has 1 aromatic heterocycles. The predicted molar refractivity (Wildman–Crippen MR) is 64.9 cm³/mol. The predicted octanol–water partition coefficient (Wildman–Crippen LogP) is 2.14. The number of nitrogens with zero attached hydrogens (tertiary/aromatic N) is 3. The lowest BCUT2D eigenvalue weighted by Crippen LogP contribution is -2.18. The number of hydrogen-bond donors (Lipinski definition) is 0. The molecule has 0 radical (unpaired) electrons. The summed E-state index contributed by atoms with van der Waals surface area (Å²) in [5, 5.41) is 4.66. The fourth-order valence-corrected chi connectivity index (χ4v) is 2.90. The van der Waals surface area contributed by atoms with Crippen LogP contribution in [0.4, 0.5) is 0 Å². The van der Waals surface area contributed by atoms with E-state index in [0.717, 1.165) is 37.9 Å². The van der Waals surface area contributed by atoms with Gasteiger partial charge in [0.25, 0.3) is 0 Å². The van der Waals surface area contributed by atoms with Crippen molar-refractivity contribution < 1.29 is 4.74 Å². The van der Waals surface area contributed by atoms with Gasteiger partial charge in [-0.05, 0) is 31.6 Å². The molecule has 2 aliphatic heterocycles. The first kappa shape index (κ1) is 11.2. The topological polar surface area (TPSA) is 39.9 Å². The summed E-state index contributed by atoms with van der Waals surface area (Å²) in [5.74, 6) is 3.57. The molecule has 1 aromatic rings. The molecule has 0 aliphatic carbocycles. The van der Waals surface area contributed by atoms with Gasteiger partial charge in [-0.25, -0.2) is 9.67 Å². The molecule has 4 nitrogen and oxygen atoms in total. The third-order valence-electron chi connectivity index (χ3n) is 4.00. The maximum Gasteiger partial charge on any atom is 0.151 e. The molecule has 1 atom stereocenters.